The summed E-state index contributed by atoms with van der Waals surface area (Å²) in [5.74, 6) is 0.108. The highest BCUT2D eigenvalue weighted by molar-refractivity contribution is 7.14. The highest BCUT2D eigenvalue weighted by Crippen LogP contribution is 2.34. The van der Waals surface area contributed by atoms with Crippen LogP contribution in [0, 0.1) is 12.7 Å². The van der Waals surface area contributed by atoms with Crippen LogP contribution in [0.5, 0.6) is 0 Å². The molecule has 0 saturated carbocycles. The SMILES string of the molecule is Cc1cccc(C(=O)Nc2ccsc2-c2nc(-c3ccc(F)cc3)no2)c1. The summed E-state index contributed by atoms with van der Waals surface area (Å²) in [5.41, 5.74) is 2.83. The predicted molar refractivity (Wildman–Crippen MR) is 102 cm³/mol. The molecule has 0 spiro atoms. The molecule has 1 amide bonds. The van der Waals surface area contributed by atoms with Crippen LogP contribution in [0.3, 0.4) is 0 Å². The number of thiophene rings is 1. The van der Waals surface area contributed by atoms with Crippen LogP contribution in [0.1, 0.15) is 15.9 Å². The van der Waals surface area contributed by atoms with Gasteiger partial charge in [0.05, 0.1) is 5.69 Å². The Morgan fingerprint density at radius 3 is 2.74 bits per heavy atom. The molecule has 0 bridgehead atoms. The number of nitrogens with zero attached hydrogens (tertiary/aromatic N) is 2. The average Bonchev–Trinajstić information content (AvgIpc) is 3.31. The molecule has 0 radical (unpaired) electrons. The summed E-state index contributed by atoms with van der Waals surface area (Å²) in [5, 5.41) is 8.67. The molecule has 7 heteroatoms. The van der Waals surface area contributed by atoms with E-state index >= 15 is 0 Å². The van der Waals surface area contributed by atoms with Crippen LogP contribution in [0.4, 0.5) is 10.1 Å². The Morgan fingerprint density at radius 1 is 1.15 bits per heavy atom. The highest BCUT2D eigenvalue weighted by Gasteiger charge is 2.18. The lowest BCUT2D eigenvalue weighted by Gasteiger charge is -2.05. The number of aryl methyl sites for hydroxylation is 1. The summed E-state index contributed by atoms with van der Waals surface area (Å²) in [6.45, 7) is 1.93. The zero-order valence-electron chi connectivity index (χ0n) is 14.3. The fourth-order valence-corrected chi connectivity index (χ4v) is 3.36. The monoisotopic (exact) mass is 379 g/mol. The van der Waals surface area contributed by atoms with Gasteiger partial charge in [-0.15, -0.1) is 11.3 Å². The van der Waals surface area contributed by atoms with Crippen molar-refractivity contribution in [1.82, 2.24) is 10.1 Å². The van der Waals surface area contributed by atoms with E-state index in [0.29, 0.717) is 33.4 Å². The molecule has 0 aliphatic heterocycles. The second-order valence-corrected chi connectivity index (χ2v) is 6.83. The quantitative estimate of drug-likeness (QED) is 0.531. The first kappa shape index (κ1) is 17.1. The number of benzene rings is 2. The summed E-state index contributed by atoms with van der Waals surface area (Å²) >= 11 is 1.38. The van der Waals surface area contributed by atoms with Gasteiger partial charge in [0.2, 0.25) is 5.82 Å². The third-order valence-corrected chi connectivity index (χ3v) is 4.82. The zero-order valence-corrected chi connectivity index (χ0v) is 15.1. The fourth-order valence-electron chi connectivity index (χ4n) is 2.59. The van der Waals surface area contributed by atoms with Crippen LogP contribution < -0.4 is 5.32 Å². The van der Waals surface area contributed by atoms with Gasteiger partial charge in [-0.05, 0) is 54.8 Å². The van der Waals surface area contributed by atoms with Crippen molar-refractivity contribution >= 4 is 22.9 Å². The zero-order chi connectivity index (χ0) is 18.8. The van der Waals surface area contributed by atoms with Gasteiger partial charge in [0, 0.05) is 11.1 Å². The van der Waals surface area contributed by atoms with Crippen molar-refractivity contribution in [3.63, 3.8) is 0 Å². The van der Waals surface area contributed by atoms with Crippen molar-refractivity contribution in [2.45, 2.75) is 6.92 Å². The van der Waals surface area contributed by atoms with E-state index in [2.05, 4.69) is 15.5 Å². The van der Waals surface area contributed by atoms with Gasteiger partial charge in [-0.2, -0.15) is 4.98 Å². The van der Waals surface area contributed by atoms with E-state index in [4.69, 9.17) is 4.52 Å². The van der Waals surface area contributed by atoms with E-state index in [1.165, 1.54) is 23.5 Å². The van der Waals surface area contributed by atoms with E-state index < -0.39 is 0 Å². The van der Waals surface area contributed by atoms with Crippen molar-refractivity contribution in [1.29, 1.82) is 0 Å². The summed E-state index contributed by atoms with van der Waals surface area (Å²) in [4.78, 5) is 17.5. The molecule has 4 rings (SSSR count). The van der Waals surface area contributed by atoms with Crippen LogP contribution in [0.2, 0.25) is 0 Å². The molecule has 0 fully saturated rings. The molecule has 0 atom stereocenters. The number of anilines is 1. The topological polar surface area (TPSA) is 68.0 Å². The molecule has 27 heavy (non-hydrogen) atoms. The summed E-state index contributed by atoms with van der Waals surface area (Å²) < 4.78 is 18.4. The van der Waals surface area contributed by atoms with E-state index in [9.17, 15) is 9.18 Å². The normalized spacial score (nSPS) is 10.7. The van der Waals surface area contributed by atoms with E-state index in [1.54, 1.807) is 24.3 Å². The van der Waals surface area contributed by atoms with Gasteiger partial charge >= 0.3 is 0 Å². The maximum atomic E-state index is 13.1. The van der Waals surface area contributed by atoms with Gasteiger partial charge in [0.1, 0.15) is 10.7 Å². The van der Waals surface area contributed by atoms with Gasteiger partial charge in [0.15, 0.2) is 0 Å². The Balaban J connectivity index is 1.59. The Hall–Kier alpha value is -3.32. The third-order valence-electron chi connectivity index (χ3n) is 3.92. The number of hydrogen-bond acceptors (Lipinski definition) is 5. The van der Waals surface area contributed by atoms with E-state index in [-0.39, 0.29) is 11.7 Å². The number of halogens is 1. The second-order valence-electron chi connectivity index (χ2n) is 5.92. The second kappa shape index (κ2) is 7.13. The lowest BCUT2D eigenvalue weighted by Crippen LogP contribution is -2.11. The van der Waals surface area contributed by atoms with Gasteiger partial charge in [-0.25, -0.2) is 4.39 Å². The first-order chi connectivity index (χ1) is 13.1. The maximum Gasteiger partial charge on any atom is 0.270 e. The van der Waals surface area contributed by atoms with Crippen LogP contribution in [0.25, 0.3) is 22.2 Å². The first-order valence-corrected chi connectivity index (χ1v) is 9.03. The summed E-state index contributed by atoms with van der Waals surface area (Å²) in [7, 11) is 0. The van der Waals surface area contributed by atoms with E-state index in [1.807, 2.05) is 30.5 Å². The first-order valence-electron chi connectivity index (χ1n) is 8.16. The van der Waals surface area contributed by atoms with Crippen molar-refractivity contribution in [2.24, 2.45) is 0 Å². The number of nitrogens with one attached hydrogen (secondary N) is 1. The molecule has 0 saturated heterocycles. The van der Waals surface area contributed by atoms with Crippen molar-refractivity contribution in [3.8, 4) is 22.2 Å². The standard InChI is InChI=1S/C20H14FN3O2S/c1-12-3-2-4-14(11-12)19(25)22-16-9-10-27-17(16)20-23-18(24-26-20)13-5-7-15(21)8-6-13/h2-11H,1H3,(H,22,25). The van der Waals surface area contributed by atoms with Gasteiger partial charge in [-0.3, -0.25) is 4.79 Å². The molecule has 0 aliphatic rings. The lowest BCUT2D eigenvalue weighted by molar-refractivity contribution is 0.102. The highest BCUT2D eigenvalue weighted by atomic mass is 32.1. The Labute approximate surface area is 158 Å². The molecule has 2 aromatic carbocycles. The molecule has 2 aromatic heterocycles. The van der Waals surface area contributed by atoms with Crippen LogP contribution in [-0.2, 0) is 0 Å². The maximum absolute atomic E-state index is 13.1. The minimum absolute atomic E-state index is 0.211. The van der Waals surface area contributed by atoms with Crippen LogP contribution in [-0.4, -0.2) is 16.0 Å². The van der Waals surface area contributed by atoms with Gasteiger partial charge in [0.25, 0.3) is 11.8 Å². The molecule has 1 N–H and O–H groups in total. The number of rotatable bonds is 4. The number of amides is 1. The Morgan fingerprint density at radius 2 is 1.96 bits per heavy atom. The molecular weight excluding hydrogens is 365 g/mol. The number of hydrogen-bond donors (Lipinski definition) is 1. The summed E-state index contributed by atoms with van der Waals surface area (Å²) in [6.07, 6.45) is 0. The van der Waals surface area contributed by atoms with Crippen molar-refractivity contribution in [2.75, 3.05) is 5.32 Å². The smallest absolute Gasteiger partial charge is 0.270 e. The predicted octanol–water partition coefficient (Wildman–Crippen LogP) is 5.16. The summed E-state index contributed by atoms with van der Waals surface area (Å²) in [6, 6.07) is 15.0. The van der Waals surface area contributed by atoms with Crippen LogP contribution in [0.15, 0.2) is 64.5 Å². The molecule has 2 heterocycles. The number of carbonyl (C=O) groups excluding carboxylic acids is 1. The molecule has 134 valence electrons. The number of aromatic nitrogens is 2. The molecule has 0 unspecified atom stereocenters. The minimum Gasteiger partial charge on any atom is -0.333 e. The molecular formula is C20H14FN3O2S. The molecule has 5 nitrogen and oxygen atoms in total. The fraction of sp³-hybridized carbons (Fsp3) is 0.0500. The molecule has 0 aliphatic carbocycles. The minimum atomic E-state index is -0.332. The van der Waals surface area contributed by atoms with Crippen molar-refractivity contribution in [3.05, 3.63) is 76.9 Å². The largest absolute Gasteiger partial charge is 0.333 e. The lowest BCUT2D eigenvalue weighted by atomic mass is 10.1. The number of carbonyl (C=O) groups is 1. The van der Waals surface area contributed by atoms with Gasteiger partial charge in [-0.1, -0.05) is 22.9 Å². The average molecular weight is 379 g/mol. The van der Waals surface area contributed by atoms with E-state index in [0.717, 1.165) is 5.56 Å². The molecule has 4 aromatic rings. The third kappa shape index (κ3) is 3.63. The van der Waals surface area contributed by atoms with Crippen LogP contribution >= 0.6 is 11.3 Å². The Bertz CT molecular complexity index is 1100. The van der Waals surface area contributed by atoms with Crippen molar-refractivity contribution < 1.29 is 13.7 Å². The Kier molecular flexibility index (Phi) is 4.52. The van der Waals surface area contributed by atoms with Gasteiger partial charge < -0.3 is 9.84 Å².